The molecule has 0 bridgehead atoms. The zero-order valence-corrected chi connectivity index (χ0v) is 19.9. The van der Waals surface area contributed by atoms with Crippen LogP contribution in [0.4, 0.5) is 5.69 Å². The molecule has 0 fully saturated rings. The zero-order valence-electron chi connectivity index (χ0n) is 19.9. The second-order valence-electron chi connectivity index (χ2n) is 7.98. The Kier molecular flexibility index (Phi) is 13.1. The molecule has 2 aromatic rings. The summed E-state index contributed by atoms with van der Waals surface area (Å²) in [5.41, 5.74) is 3.56. The van der Waals surface area contributed by atoms with Gasteiger partial charge in [0, 0.05) is 44.3 Å². The first kappa shape index (κ1) is 27.8. The lowest BCUT2D eigenvalue weighted by Gasteiger charge is -2.18. The second-order valence-corrected chi connectivity index (χ2v) is 7.98. The average molecular weight is 457 g/mol. The van der Waals surface area contributed by atoms with Gasteiger partial charge in [0.2, 0.25) is 5.91 Å². The summed E-state index contributed by atoms with van der Waals surface area (Å²) < 4.78 is 0. The van der Waals surface area contributed by atoms with E-state index in [9.17, 15) is 9.59 Å². The first-order chi connectivity index (χ1) is 15.7. The molecular weight excluding hydrogens is 420 g/mol. The van der Waals surface area contributed by atoms with Crippen LogP contribution in [0.15, 0.2) is 42.6 Å². The molecule has 0 saturated carbocycles. The fourth-order valence-corrected chi connectivity index (χ4v) is 3.25. The van der Waals surface area contributed by atoms with E-state index in [0.29, 0.717) is 12.8 Å². The summed E-state index contributed by atoms with van der Waals surface area (Å²) in [7, 11) is 1.81. The number of carboxylic acids is 2. The molecule has 1 amide bonds. The van der Waals surface area contributed by atoms with Crippen molar-refractivity contribution >= 4 is 23.5 Å². The van der Waals surface area contributed by atoms with E-state index in [-0.39, 0.29) is 12.3 Å². The van der Waals surface area contributed by atoms with Crippen molar-refractivity contribution in [2.45, 2.75) is 71.6 Å². The number of benzene rings is 1. The van der Waals surface area contributed by atoms with Crippen molar-refractivity contribution in [3.63, 3.8) is 0 Å². The third kappa shape index (κ3) is 11.8. The lowest BCUT2D eigenvalue weighted by atomic mass is 10.0. The molecule has 180 valence electrons. The number of aryl methyl sites for hydroxylation is 1. The van der Waals surface area contributed by atoms with Crippen molar-refractivity contribution < 1.29 is 24.6 Å². The Morgan fingerprint density at radius 2 is 1.52 bits per heavy atom. The molecule has 0 aliphatic carbocycles. The van der Waals surface area contributed by atoms with E-state index in [0.717, 1.165) is 42.3 Å². The predicted molar refractivity (Wildman–Crippen MR) is 130 cm³/mol. The number of aromatic nitrogens is 1. The Hall–Kier alpha value is -3.22. The van der Waals surface area contributed by atoms with Crippen LogP contribution in [0.2, 0.25) is 0 Å². The van der Waals surface area contributed by atoms with Crippen molar-refractivity contribution in [3.8, 4) is 11.3 Å². The molecule has 7 nitrogen and oxygen atoms in total. The number of carbonyl (C=O) groups is 3. The van der Waals surface area contributed by atoms with Crippen molar-refractivity contribution in [2.75, 3.05) is 11.9 Å². The highest BCUT2D eigenvalue weighted by atomic mass is 16.4. The summed E-state index contributed by atoms with van der Waals surface area (Å²) in [6, 6.07) is 11.5. The van der Waals surface area contributed by atoms with Crippen LogP contribution in [0.1, 0.15) is 70.8 Å². The van der Waals surface area contributed by atoms with Gasteiger partial charge in [0.15, 0.2) is 0 Å². The van der Waals surface area contributed by atoms with Gasteiger partial charge < -0.3 is 15.1 Å². The third-order valence-corrected chi connectivity index (χ3v) is 5.13. The number of unbranched alkanes of at least 4 members (excludes halogenated alkanes) is 5. The van der Waals surface area contributed by atoms with E-state index in [4.69, 9.17) is 15.0 Å². The van der Waals surface area contributed by atoms with Gasteiger partial charge in [0.05, 0.1) is 5.69 Å². The van der Waals surface area contributed by atoms with Crippen LogP contribution >= 0.6 is 0 Å². The maximum atomic E-state index is 12.5. The van der Waals surface area contributed by atoms with Crippen molar-refractivity contribution in [2.24, 2.45) is 0 Å². The average Bonchev–Trinajstić information content (AvgIpc) is 2.79. The number of carbonyl (C=O) groups excluding carboxylic acids is 1. The normalized spacial score (nSPS) is 10.2. The van der Waals surface area contributed by atoms with Crippen LogP contribution in [0, 0.1) is 0 Å². The molecule has 1 aromatic heterocycles. The van der Waals surface area contributed by atoms with Crippen LogP contribution < -0.4 is 4.90 Å². The molecule has 0 spiro atoms. The Bertz CT molecular complexity index is 877. The Labute approximate surface area is 196 Å². The Balaban J connectivity index is 0.00000125. The summed E-state index contributed by atoms with van der Waals surface area (Å²) in [5.74, 6) is -1.50. The largest absolute Gasteiger partial charge is 0.481 e. The van der Waals surface area contributed by atoms with Gasteiger partial charge in [-0.1, -0.05) is 63.3 Å². The fourth-order valence-electron chi connectivity index (χ4n) is 3.25. The first-order valence-electron chi connectivity index (χ1n) is 11.5. The SMILES string of the molecule is CC(=O)O.CCCCCCCCC(=O)N(C)c1ccnc(-c2ccc(CCC(=O)O)cc2)c1. The van der Waals surface area contributed by atoms with Gasteiger partial charge in [-0.15, -0.1) is 0 Å². The van der Waals surface area contributed by atoms with Crippen LogP contribution in [-0.2, 0) is 20.8 Å². The monoisotopic (exact) mass is 456 g/mol. The smallest absolute Gasteiger partial charge is 0.303 e. The molecule has 33 heavy (non-hydrogen) atoms. The molecule has 1 aromatic carbocycles. The molecule has 1 heterocycles. The minimum atomic E-state index is -0.833. The topological polar surface area (TPSA) is 108 Å². The molecule has 0 aliphatic heterocycles. The first-order valence-corrected chi connectivity index (χ1v) is 11.5. The van der Waals surface area contributed by atoms with Gasteiger partial charge in [-0.3, -0.25) is 19.4 Å². The Morgan fingerprint density at radius 1 is 0.909 bits per heavy atom. The lowest BCUT2D eigenvalue weighted by Crippen LogP contribution is -2.25. The van der Waals surface area contributed by atoms with Gasteiger partial charge >= 0.3 is 5.97 Å². The van der Waals surface area contributed by atoms with E-state index in [1.807, 2.05) is 43.4 Å². The number of rotatable bonds is 12. The molecule has 2 N–H and O–H groups in total. The third-order valence-electron chi connectivity index (χ3n) is 5.13. The second kappa shape index (κ2) is 15.6. The standard InChI is InChI=1S/C24H32N2O3.C2H4O2/c1-3-4-5-6-7-8-9-23(27)26(2)21-16-17-25-22(18-21)20-13-10-19(11-14-20)12-15-24(28)29;1-2(3)4/h10-11,13-14,16-18H,3-9,12,15H2,1-2H3,(H,28,29);1H3,(H,3,4). The van der Waals surface area contributed by atoms with E-state index in [1.165, 1.54) is 25.7 Å². The van der Waals surface area contributed by atoms with Gasteiger partial charge in [0.25, 0.3) is 5.97 Å². The van der Waals surface area contributed by atoms with E-state index >= 15 is 0 Å². The van der Waals surface area contributed by atoms with E-state index in [1.54, 1.807) is 11.1 Å². The summed E-state index contributed by atoms with van der Waals surface area (Å²) in [6.45, 7) is 3.29. The highest BCUT2D eigenvalue weighted by Gasteiger charge is 2.12. The van der Waals surface area contributed by atoms with Crippen molar-refractivity contribution in [1.82, 2.24) is 4.98 Å². The van der Waals surface area contributed by atoms with Gasteiger partial charge in [-0.2, -0.15) is 0 Å². The molecular formula is C26H36N2O5. The summed E-state index contributed by atoms with van der Waals surface area (Å²) in [6.07, 6.45) is 9.92. The number of carboxylic acid groups (broad SMARTS) is 2. The van der Waals surface area contributed by atoms with Crippen molar-refractivity contribution in [3.05, 3.63) is 48.2 Å². The highest BCUT2D eigenvalue weighted by Crippen LogP contribution is 2.23. The minimum Gasteiger partial charge on any atom is -0.481 e. The number of amides is 1. The van der Waals surface area contributed by atoms with Crippen LogP contribution in [0.3, 0.4) is 0 Å². The minimum absolute atomic E-state index is 0.124. The van der Waals surface area contributed by atoms with E-state index in [2.05, 4.69) is 11.9 Å². The fraction of sp³-hybridized carbons (Fsp3) is 0.462. The molecule has 0 radical (unpaired) electrons. The van der Waals surface area contributed by atoms with Crippen LogP contribution in [-0.4, -0.2) is 40.1 Å². The lowest BCUT2D eigenvalue weighted by molar-refractivity contribution is -0.137. The molecule has 7 heteroatoms. The van der Waals surface area contributed by atoms with Crippen LogP contribution in [0.5, 0.6) is 0 Å². The van der Waals surface area contributed by atoms with Crippen LogP contribution in [0.25, 0.3) is 11.3 Å². The van der Waals surface area contributed by atoms with Gasteiger partial charge in [-0.25, -0.2) is 0 Å². The Morgan fingerprint density at radius 3 is 2.12 bits per heavy atom. The molecule has 0 saturated heterocycles. The summed E-state index contributed by atoms with van der Waals surface area (Å²) in [5, 5.41) is 16.2. The number of nitrogens with zero attached hydrogens (tertiary/aromatic N) is 2. The molecule has 0 atom stereocenters. The number of aliphatic carboxylic acids is 2. The number of pyridine rings is 1. The maximum Gasteiger partial charge on any atom is 0.303 e. The number of hydrogen-bond donors (Lipinski definition) is 2. The van der Waals surface area contributed by atoms with E-state index < -0.39 is 11.9 Å². The number of anilines is 1. The highest BCUT2D eigenvalue weighted by molar-refractivity contribution is 5.93. The molecule has 2 rings (SSSR count). The van der Waals surface area contributed by atoms with Crippen molar-refractivity contribution in [1.29, 1.82) is 0 Å². The zero-order chi connectivity index (χ0) is 24.6. The quantitative estimate of drug-likeness (QED) is 0.404. The summed E-state index contributed by atoms with van der Waals surface area (Å²) >= 11 is 0. The van der Waals surface area contributed by atoms with Gasteiger partial charge in [0.1, 0.15) is 0 Å². The number of hydrogen-bond acceptors (Lipinski definition) is 4. The summed E-state index contributed by atoms with van der Waals surface area (Å²) in [4.78, 5) is 38.3. The predicted octanol–water partition coefficient (Wildman–Crippen LogP) is 5.57. The molecule has 0 aliphatic rings. The molecule has 0 unspecified atom stereocenters. The maximum absolute atomic E-state index is 12.5. The van der Waals surface area contributed by atoms with Gasteiger partial charge in [-0.05, 0) is 30.5 Å².